The van der Waals surface area contributed by atoms with Crippen molar-refractivity contribution in [3.05, 3.63) is 58.7 Å². The van der Waals surface area contributed by atoms with Crippen molar-refractivity contribution in [3.63, 3.8) is 0 Å². The number of hydrogen-bond donors (Lipinski definition) is 0. The van der Waals surface area contributed by atoms with E-state index in [4.69, 9.17) is 21.6 Å². The van der Waals surface area contributed by atoms with Gasteiger partial charge in [-0.25, -0.2) is 9.78 Å². The number of hydrogen-bond acceptors (Lipinski definition) is 4. The summed E-state index contributed by atoms with van der Waals surface area (Å²) in [5.41, 5.74) is 0.665. The third kappa shape index (κ3) is 2.65. The molecule has 2 rings (SSSR count). The zero-order valence-electron chi connectivity index (χ0n) is 9.13. The highest BCUT2D eigenvalue weighted by Gasteiger charge is 2.12. The molecule has 0 spiro atoms. The van der Waals surface area contributed by atoms with Crippen LogP contribution in [-0.4, -0.2) is 11.0 Å². The lowest BCUT2D eigenvalue weighted by Gasteiger charge is -2.04. The molecule has 18 heavy (non-hydrogen) atoms. The minimum Gasteiger partial charge on any atom is -0.404 e. The highest BCUT2D eigenvalue weighted by molar-refractivity contribution is 6.33. The van der Waals surface area contributed by atoms with Crippen LogP contribution in [0.5, 0.6) is 5.88 Å². The predicted molar refractivity (Wildman–Crippen MR) is 65.4 cm³/mol. The number of esters is 1. The fourth-order valence-corrected chi connectivity index (χ4v) is 1.50. The minimum atomic E-state index is -0.585. The van der Waals surface area contributed by atoms with Crippen molar-refractivity contribution in [2.75, 3.05) is 0 Å². The van der Waals surface area contributed by atoms with E-state index < -0.39 is 5.97 Å². The molecular weight excluding hydrogens is 252 g/mol. The van der Waals surface area contributed by atoms with Crippen molar-refractivity contribution in [2.45, 2.75) is 0 Å². The van der Waals surface area contributed by atoms with Gasteiger partial charge in [-0.2, -0.15) is 5.26 Å². The first-order valence-electron chi connectivity index (χ1n) is 5.03. The molecule has 0 amide bonds. The van der Waals surface area contributed by atoms with E-state index >= 15 is 0 Å². The van der Waals surface area contributed by atoms with E-state index in [2.05, 4.69) is 4.98 Å². The molecule has 1 aromatic heterocycles. The maximum atomic E-state index is 11.8. The van der Waals surface area contributed by atoms with E-state index in [1.165, 1.54) is 18.3 Å². The van der Waals surface area contributed by atoms with Gasteiger partial charge in [0.25, 0.3) is 0 Å². The van der Waals surface area contributed by atoms with Gasteiger partial charge >= 0.3 is 5.97 Å². The molecule has 0 radical (unpaired) electrons. The van der Waals surface area contributed by atoms with Crippen LogP contribution in [0.15, 0.2) is 42.6 Å². The lowest BCUT2D eigenvalue weighted by atomic mass is 10.2. The van der Waals surface area contributed by atoms with Gasteiger partial charge in [-0.15, -0.1) is 0 Å². The quantitative estimate of drug-likeness (QED) is 0.777. The molecule has 0 aliphatic rings. The maximum absolute atomic E-state index is 11.8. The number of halogens is 1. The zero-order valence-corrected chi connectivity index (χ0v) is 9.89. The Kier molecular flexibility index (Phi) is 3.56. The normalized spacial score (nSPS) is 9.56. The first-order valence-corrected chi connectivity index (χ1v) is 5.41. The van der Waals surface area contributed by atoms with Gasteiger partial charge in [0.2, 0.25) is 5.88 Å². The van der Waals surface area contributed by atoms with Crippen molar-refractivity contribution >= 4 is 17.6 Å². The monoisotopic (exact) mass is 258 g/mol. The number of nitrogens with zero attached hydrogens (tertiary/aromatic N) is 2. The molecule has 0 bridgehead atoms. The second-order valence-electron chi connectivity index (χ2n) is 3.37. The predicted octanol–water partition coefficient (Wildman–Crippen LogP) is 2.83. The summed E-state index contributed by atoms with van der Waals surface area (Å²) in [7, 11) is 0. The summed E-state index contributed by atoms with van der Waals surface area (Å²) in [5.74, 6) is -0.461. The number of carbonyl (C=O) groups excluding carboxylic acids is 1. The largest absolute Gasteiger partial charge is 0.404 e. The molecule has 0 aliphatic carbocycles. The standard InChI is InChI=1S/C13H7ClN2O2/c14-11-4-2-1-3-10(11)13(17)18-12-6-5-9(7-15)8-16-12/h1-6,8H. The number of carbonyl (C=O) groups is 1. The second-order valence-corrected chi connectivity index (χ2v) is 3.77. The summed E-state index contributed by atoms with van der Waals surface area (Å²) >= 11 is 5.87. The molecule has 4 nitrogen and oxygen atoms in total. The smallest absolute Gasteiger partial charge is 0.346 e. The molecule has 0 saturated carbocycles. The summed E-state index contributed by atoms with van der Waals surface area (Å²) in [5, 5.41) is 8.93. The van der Waals surface area contributed by atoms with Gasteiger partial charge in [0.1, 0.15) is 6.07 Å². The van der Waals surface area contributed by atoms with Gasteiger partial charge in [0.05, 0.1) is 16.1 Å². The van der Waals surface area contributed by atoms with Crippen LogP contribution < -0.4 is 4.74 Å². The van der Waals surface area contributed by atoms with Crippen molar-refractivity contribution in [1.82, 2.24) is 4.98 Å². The molecular formula is C13H7ClN2O2. The minimum absolute atomic E-state index is 0.124. The molecule has 1 heterocycles. The Morgan fingerprint density at radius 2 is 2.06 bits per heavy atom. The van der Waals surface area contributed by atoms with E-state index in [-0.39, 0.29) is 11.4 Å². The van der Waals surface area contributed by atoms with Crippen LogP contribution in [0.1, 0.15) is 15.9 Å². The lowest BCUT2D eigenvalue weighted by Crippen LogP contribution is -2.09. The topological polar surface area (TPSA) is 63.0 Å². The van der Waals surface area contributed by atoms with Crippen molar-refractivity contribution in [1.29, 1.82) is 5.26 Å². The fraction of sp³-hybridized carbons (Fsp3) is 0. The number of nitriles is 1. The van der Waals surface area contributed by atoms with Crippen LogP contribution >= 0.6 is 11.6 Å². The van der Waals surface area contributed by atoms with Crippen LogP contribution in [0.4, 0.5) is 0 Å². The number of rotatable bonds is 2. The van der Waals surface area contributed by atoms with E-state index in [0.717, 1.165) is 0 Å². The number of benzene rings is 1. The number of ether oxygens (including phenoxy) is 1. The molecule has 0 aliphatic heterocycles. The van der Waals surface area contributed by atoms with Gasteiger partial charge in [-0.3, -0.25) is 0 Å². The highest BCUT2D eigenvalue weighted by atomic mass is 35.5. The molecule has 0 fully saturated rings. The van der Waals surface area contributed by atoms with Crippen molar-refractivity contribution < 1.29 is 9.53 Å². The average Bonchev–Trinajstić information content (AvgIpc) is 2.40. The SMILES string of the molecule is N#Cc1ccc(OC(=O)c2ccccc2Cl)nc1. The number of aromatic nitrogens is 1. The highest BCUT2D eigenvalue weighted by Crippen LogP contribution is 2.17. The van der Waals surface area contributed by atoms with Crippen LogP contribution in [0.3, 0.4) is 0 Å². The molecule has 88 valence electrons. The maximum Gasteiger partial charge on any atom is 0.346 e. The van der Waals surface area contributed by atoms with Crippen LogP contribution in [0.25, 0.3) is 0 Å². The van der Waals surface area contributed by atoms with E-state index in [1.54, 1.807) is 24.3 Å². The first kappa shape index (κ1) is 12.1. The molecule has 5 heteroatoms. The number of pyridine rings is 1. The molecule has 0 saturated heterocycles. The van der Waals surface area contributed by atoms with Gasteiger partial charge in [0.15, 0.2) is 0 Å². The zero-order chi connectivity index (χ0) is 13.0. The molecule has 1 aromatic carbocycles. The second kappa shape index (κ2) is 5.30. The van der Waals surface area contributed by atoms with E-state index in [1.807, 2.05) is 6.07 Å². The lowest BCUT2D eigenvalue weighted by molar-refractivity contribution is 0.0727. The fourth-order valence-electron chi connectivity index (χ4n) is 1.28. The Labute approximate surface area is 108 Å². The Morgan fingerprint density at radius 3 is 2.67 bits per heavy atom. The molecule has 0 N–H and O–H groups in total. The molecule has 2 aromatic rings. The Hall–Kier alpha value is -2.38. The van der Waals surface area contributed by atoms with Crippen LogP contribution in [0, 0.1) is 11.3 Å². The summed E-state index contributed by atoms with van der Waals surface area (Å²) in [6, 6.07) is 11.5. The Morgan fingerprint density at radius 1 is 1.28 bits per heavy atom. The summed E-state index contributed by atoms with van der Waals surface area (Å²) in [4.78, 5) is 15.6. The Bertz CT molecular complexity index is 618. The van der Waals surface area contributed by atoms with Gasteiger partial charge in [-0.05, 0) is 18.2 Å². The summed E-state index contributed by atoms with van der Waals surface area (Å²) in [6.45, 7) is 0. The first-order chi connectivity index (χ1) is 8.70. The summed E-state index contributed by atoms with van der Waals surface area (Å²) < 4.78 is 5.04. The van der Waals surface area contributed by atoms with Gasteiger partial charge in [-0.1, -0.05) is 23.7 Å². The molecule has 0 atom stereocenters. The molecule has 0 unspecified atom stereocenters. The van der Waals surface area contributed by atoms with E-state index in [0.29, 0.717) is 10.6 Å². The Balaban J connectivity index is 2.17. The van der Waals surface area contributed by atoms with E-state index in [9.17, 15) is 4.79 Å². The van der Waals surface area contributed by atoms with Crippen molar-refractivity contribution in [3.8, 4) is 11.9 Å². The average molecular weight is 259 g/mol. The third-order valence-electron chi connectivity index (χ3n) is 2.16. The summed E-state index contributed by atoms with van der Waals surface area (Å²) in [6.07, 6.45) is 1.33. The van der Waals surface area contributed by atoms with Crippen LogP contribution in [-0.2, 0) is 0 Å². The van der Waals surface area contributed by atoms with Gasteiger partial charge in [0, 0.05) is 12.3 Å². The third-order valence-corrected chi connectivity index (χ3v) is 2.49. The van der Waals surface area contributed by atoms with Gasteiger partial charge < -0.3 is 4.74 Å². The van der Waals surface area contributed by atoms with Crippen molar-refractivity contribution in [2.24, 2.45) is 0 Å². The van der Waals surface area contributed by atoms with Crippen LogP contribution in [0.2, 0.25) is 5.02 Å².